The summed E-state index contributed by atoms with van der Waals surface area (Å²) in [5.41, 5.74) is 1.43. The molecule has 0 aliphatic carbocycles. The number of nitrogens with one attached hydrogen (secondary N) is 2. The predicted octanol–water partition coefficient (Wildman–Crippen LogP) is -0.225. The first-order chi connectivity index (χ1) is 14.0. The van der Waals surface area contributed by atoms with Crippen molar-refractivity contribution in [3.8, 4) is 6.07 Å². The number of imide groups is 2. The molecule has 3 heterocycles. The Morgan fingerprint density at radius 1 is 1.14 bits per heavy atom. The Labute approximate surface area is 167 Å². The minimum atomic E-state index is -0.961. The van der Waals surface area contributed by atoms with Crippen LogP contribution in [0.3, 0.4) is 0 Å². The lowest BCUT2D eigenvalue weighted by atomic mass is 10.0. The lowest BCUT2D eigenvalue weighted by molar-refractivity contribution is -0.136. The molecule has 9 heteroatoms. The Morgan fingerprint density at radius 3 is 2.69 bits per heavy atom. The van der Waals surface area contributed by atoms with Gasteiger partial charge >= 0.3 is 0 Å². The summed E-state index contributed by atoms with van der Waals surface area (Å²) in [6.07, 6.45) is 0.649. The molecule has 0 spiro atoms. The van der Waals surface area contributed by atoms with E-state index in [1.54, 1.807) is 12.1 Å². The van der Waals surface area contributed by atoms with Crippen LogP contribution in [0.2, 0.25) is 0 Å². The molecule has 0 aromatic heterocycles. The molecule has 1 aromatic rings. The normalized spacial score (nSPS) is 25.0. The molecule has 3 aliphatic rings. The fraction of sp³-hybridized carbons (Fsp3) is 0.450. The second-order valence-corrected chi connectivity index (χ2v) is 7.52. The van der Waals surface area contributed by atoms with E-state index in [4.69, 9.17) is 5.26 Å². The van der Waals surface area contributed by atoms with Crippen molar-refractivity contribution >= 4 is 23.6 Å². The van der Waals surface area contributed by atoms with Gasteiger partial charge in [0.05, 0.1) is 23.6 Å². The highest BCUT2D eigenvalue weighted by atomic mass is 16.2. The van der Waals surface area contributed by atoms with Gasteiger partial charge in [-0.2, -0.15) is 5.26 Å². The average Bonchev–Trinajstić information content (AvgIpc) is 2.94. The second-order valence-electron chi connectivity index (χ2n) is 7.52. The highest BCUT2D eigenvalue weighted by molar-refractivity contribution is 6.23. The summed E-state index contributed by atoms with van der Waals surface area (Å²) in [7, 11) is 0. The maximum absolute atomic E-state index is 12.9. The third kappa shape index (κ3) is 3.52. The van der Waals surface area contributed by atoms with E-state index < -0.39 is 29.7 Å². The lowest BCUT2D eigenvalue weighted by Crippen LogP contribution is -2.54. The predicted molar refractivity (Wildman–Crippen MR) is 100 cm³/mol. The number of nitrogens with zero attached hydrogens (tertiary/aromatic N) is 3. The van der Waals surface area contributed by atoms with E-state index in [0.717, 1.165) is 30.1 Å². The molecule has 0 saturated carbocycles. The summed E-state index contributed by atoms with van der Waals surface area (Å²) in [5.74, 6) is -2.02. The molecule has 4 rings (SSSR count). The molecule has 4 amide bonds. The van der Waals surface area contributed by atoms with Crippen molar-refractivity contribution in [2.75, 3.05) is 19.6 Å². The van der Waals surface area contributed by atoms with Gasteiger partial charge in [0.2, 0.25) is 11.8 Å². The van der Waals surface area contributed by atoms with Gasteiger partial charge in [0.15, 0.2) is 0 Å². The number of fused-ring (bicyclic) bond motifs is 1. The minimum absolute atomic E-state index is 0.0956. The molecular formula is C20H21N5O4. The third-order valence-electron chi connectivity index (χ3n) is 5.69. The van der Waals surface area contributed by atoms with Crippen molar-refractivity contribution in [2.24, 2.45) is 0 Å². The van der Waals surface area contributed by atoms with Gasteiger partial charge in [-0.1, -0.05) is 6.07 Å². The fourth-order valence-electron chi connectivity index (χ4n) is 4.17. The first-order valence-electron chi connectivity index (χ1n) is 9.66. The second kappa shape index (κ2) is 7.73. The van der Waals surface area contributed by atoms with E-state index in [2.05, 4.69) is 21.6 Å². The zero-order valence-corrected chi connectivity index (χ0v) is 15.8. The molecule has 9 nitrogen and oxygen atoms in total. The standard InChI is InChI=1S/C20H21N5O4/c21-6-5-13-10-22-7-8-24(13)11-12-1-2-14-15(9-12)20(29)25(19(14)28)16-3-4-17(26)23-18(16)27/h1-2,9,13,16,22H,3-5,7-8,10-11H2,(H,23,26,27). The Bertz CT molecular complexity index is 937. The highest BCUT2D eigenvalue weighted by Gasteiger charge is 2.44. The molecule has 2 atom stereocenters. The van der Waals surface area contributed by atoms with Crippen LogP contribution in [0.1, 0.15) is 45.5 Å². The molecule has 2 N–H and O–H groups in total. The monoisotopic (exact) mass is 395 g/mol. The van der Waals surface area contributed by atoms with Gasteiger partial charge in [-0.15, -0.1) is 0 Å². The number of nitriles is 1. The van der Waals surface area contributed by atoms with Crippen LogP contribution in [0.4, 0.5) is 0 Å². The number of carbonyl (C=O) groups is 4. The van der Waals surface area contributed by atoms with Crippen molar-refractivity contribution in [1.29, 1.82) is 5.26 Å². The Morgan fingerprint density at radius 2 is 1.93 bits per heavy atom. The average molecular weight is 395 g/mol. The van der Waals surface area contributed by atoms with Gasteiger partial charge in [0.25, 0.3) is 11.8 Å². The molecule has 0 bridgehead atoms. The van der Waals surface area contributed by atoms with Gasteiger partial charge in [-0.05, 0) is 24.1 Å². The summed E-state index contributed by atoms with van der Waals surface area (Å²) in [4.78, 5) is 52.4. The van der Waals surface area contributed by atoms with Crippen LogP contribution in [-0.2, 0) is 16.1 Å². The fourth-order valence-corrected chi connectivity index (χ4v) is 4.17. The van der Waals surface area contributed by atoms with Crippen molar-refractivity contribution in [3.63, 3.8) is 0 Å². The zero-order valence-electron chi connectivity index (χ0n) is 15.8. The Balaban J connectivity index is 1.55. The van der Waals surface area contributed by atoms with Crippen LogP contribution in [0.25, 0.3) is 0 Å². The summed E-state index contributed by atoms with van der Waals surface area (Å²) >= 11 is 0. The van der Waals surface area contributed by atoms with Crippen molar-refractivity contribution in [1.82, 2.24) is 20.4 Å². The molecule has 2 fully saturated rings. The van der Waals surface area contributed by atoms with Crippen LogP contribution >= 0.6 is 0 Å². The summed E-state index contributed by atoms with van der Waals surface area (Å²) in [6, 6.07) is 6.48. The third-order valence-corrected chi connectivity index (χ3v) is 5.69. The van der Waals surface area contributed by atoms with Crippen molar-refractivity contribution < 1.29 is 19.2 Å². The molecule has 1 aromatic carbocycles. The molecule has 0 radical (unpaired) electrons. The molecular weight excluding hydrogens is 374 g/mol. The van der Waals surface area contributed by atoms with E-state index in [0.29, 0.717) is 13.0 Å². The van der Waals surface area contributed by atoms with Gasteiger partial charge in [0.1, 0.15) is 6.04 Å². The smallest absolute Gasteiger partial charge is 0.262 e. The number of amides is 4. The van der Waals surface area contributed by atoms with Crippen molar-refractivity contribution in [3.05, 3.63) is 34.9 Å². The Hall–Kier alpha value is -3.09. The largest absolute Gasteiger partial charge is 0.314 e. The van der Waals surface area contributed by atoms with E-state index in [1.807, 2.05) is 6.07 Å². The summed E-state index contributed by atoms with van der Waals surface area (Å²) in [5, 5.41) is 14.5. The highest BCUT2D eigenvalue weighted by Crippen LogP contribution is 2.29. The summed E-state index contributed by atoms with van der Waals surface area (Å²) in [6.45, 7) is 2.92. The molecule has 3 aliphatic heterocycles. The molecule has 150 valence electrons. The summed E-state index contributed by atoms with van der Waals surface area (Å²) < 4.78 is 0. The zero-order chi connectivity index (χ0) is 20.5. The van der Waals surface area contributed by atoms with E-state index >= 15 is 0 Å². The molecule has 2 unspecified atom stereocenters. The number of piperazine rings is 1. The van der Waals surface area contributed by atoms with Crippen molar-refractivity contribution in [2.45, 2.75) is 37.9 Å². The minimum Gasteiger partial charge on any atom is -0.314 e. The first kappa shape index (κ1) is 19.2. The number of hydrogen-bond donors (Lipinski definition) is 2. The van der Waals surface area contributed by atoms with E-state index in [1.165, 1.54) is 0 Å². The van der Waals surface area contributed by atoms with Crippen LogP contribution in [-0.4, -0.2) is 65.1 Å². The molecule has 2 saturated heterocycles. The van der Waals surface area contributed by atoms with Crippen LogP contribution < -0.4 is 10.6 Å². The number of rotatable bonds is 4. The topological polar surface area (TPSA) is 123 Å². The number of hydrogen-bond acceptors (Lipinski definition) is 7. The first-order valence-corrected chi connectivity index (χ1v) is 9.66. The van der Waals surface area contributed by atoms with Crippen LogP contribution in [0.15, 0.2) is 18.2 Å². The molecule has 29 heavy (non-hydrogen) atoms. The lowest BCUT2D eigenvalue weighted by Gasteiger charge is -2.35. The maximum Gasteiger partial charge on any atom is 0.262 e. The van der Waals surface area contributed by atoms with E-state index in [-0.39, 0.29) is 30.0 Å². The number of benzene rings is 1. The maximum atomic E-state index is 12.9. The SMILES string of the molecule is N#CCC1CNCCN1Cc1ccc2c(c1)C(=O)N(C1CCC(=O)NC1=O)C2=O. The van der Waals surface area contributed by atoms with Crippen LogP contribution in [0, 0.1) is 11.3 Å². The van der Waals surface area contributed by atoms with Gasteiger partial charge in [0, 0.05) is 38.6 Å². The number of piperidine rings is 1. The van der Waals surface area contributed by atoms with Gasteiger partial charge in [-0.3, -0.25) is 34.3 Å². The van der Waals surface area contributed by atoms with E-state index in [9.17, 15) is 19.2 Å². The quantitative estimate of drug-likeness (QED) is 0.676. The Kier molecular flexibility index (Phi) is 5.13. The number of carbonyl (C=O) groups excluding carboxylic acids is 4. The van der Waals surface area contributed by atoms with Gasteiger partial charge in [-0.25, -0.2) is 0 Å². The van der Waals surface area contributed by atoms with Crippen LogP contribution in [0.5, 0.6) is 0 Å². The van der Waals surface area contributed by atoms with Gasteiger partial charge < -0.3 is 5.32 Å².